The molecule has 3 atom stereocenters. The predicted molar refractivity (Wildman–Crippen MR) is 98.4 cm³/mol. The molecule has 126 valence electrons. The lowest BCUT2D eigenvalue weighted by Gasteiger charge is -2.28. The van der Waals surface area contributed by atoms with E-state index in [9.17, 15) is 4.79 Å². The van der Waals surface area contributed by atoms with Crippen LogP contribution in [-0.4, -0.2) is 35.4 Å². The lowest BCUT2D eigenvalue weighted by Crippen LogP contribution is -2.34. The maximum atomic E-state index is 13.3. The first-order valence-electron chi connectivity index (χ1n) is 8.95. The number of hydrogen-bond acceptors (Lipinski definition) is 2. The second kappa shape index (κ2) is 5.74. The van der Waals surface area contributed by atoms with Crippen molar-refractivity contribution >= 4 is 16.8 Å². The highest BCUT2D eigenvalue weighted by Crippen LogP contribution is 2.43. The van der Waals surface area contributed by atoms with Gasteiger partial charge in [0.25, 0.3) is 5.91 Å². The Balaban J connectivity index is 1.53. The number of nitrogens with one attached hydrogen (secondary N) is 2. The highest BCUT2D eigenvalue weighted by molar-refractivity contribution is 5.98. The van der Waals surface area contributed by atoms with Gasteiger partial charge in [0.15, 0.2) is 0 Å². The minimum atomic E-state index is 0.111. The summed E-state index contributed by atoms with van der Waals surface area (Å²) in [5.74, 6) is 1.15. The van der Waals surface area contributed by atoms with Crippen molar-refractivity contribution in [1.29, 1.82) is 0 Å². The van der Waals surface area contributed by atoms with Gasteiger partial charge in [0.1, 0.15) is 5.69 Å². The van der Waals surface area contributed by atoms with E-state index in [1.807, 2.05) is 36.4 Å². The van der Waals surface area contributed by atoms with E-state index in [1.165, 1.54) is 5.56 Å². The monoisotopic (exact) mass is 331 g/mol. The summed E-state index contributed by atoms with van der Waals surface area (Å²) < 4.78 is 0. The van der Waals surface area contributed by atoms with Crippen molar-refractivity contribution in [2.45, 2.75) is 6.04 Å². The van der Waals surface area contributed by atoms with Gasteiger partial charge in [0.2, 0.25) is 0 Å². The van der Waals surface area contributed by atoms with E-state index in [1.54, 1.807) is 0 Å². The van der Waals surface area contributed by atoms with Gasteiger partial charge in [-0.1, -0.05) is 48.5 Å². The molecule has 2 aliphatic rings. The number of benzene rings is 2. The molecule has 1 amide bonds. The zero-order chi connectivity index (χ0) is 16.8. The van der Waals surface area contributed by atoms with Crippen LogP contribution in [0.1, 0.15) is 22.1 Å². The Kier molecular flexibility index (Phi) is 3.38. The maximum absolute atomic E-state index is 13.3. The summed E-state index contributed by atoms with van der Waals surface area (Å²) >= 11 is 0. The number of fused-ring (bicyclic) bond motifs is 2. The second-order valence-corrected chi connectivity index (χ2v) is 7.17. The Morgan fingerprint density at radius 2 is 1.80 bits per heavy atom. The first kappa shape index (κ1) is 14.7. The lowest BCUT2D eigenvalue weighted by atomic mass is 9.89. The third-order valence-electron chi connectivity index (χ3n) is 5.73. The Morgan fingerprint density at radius 1 is 1.00 bits per heavy atom. The summed E-state index contributed by atoms with van der Waals surface area (Å²) in [4.78, 5) is 18.7. The van der Waals surface area contributed by atoms with Crippen LogP contribution in [-0.2, 0) is 0 Å². The number of rotatable bonds is 2. The molecule has 0 bridgehead atoms. The number of nitrogens with zero attached hydrogens (tertiary/aromatic N) is 1. The molecule has 0 spiro atoms. The molecule has 2 fully saturated rings. The molecular formula is C21H21N3O. The van der Waals surface area contributed by atoms with Gasteiger partial charge < -0.3 is 15.2 Å². The molecule has 2 aromatic carbocycles. The largest absolute Gasteiger partial charge is 0.351 e. The fourth-order valence-electron chi connectivity index (χ4n) is 4.55. The molecule has 0 aliphatic carbocycles. The summed E-state index contributed by atoms with van der Waals surface area (Å²) in [6.07, 6.45) is 0. The average Bonchev–Trinajstić information content (AvgIpc) is 3.35. The second-order valence-electron chi connectivity index (χ2n) is 7.17. The van der Waals surface area contributed by atoms with Crippen molar-refractivity contribution in [3.05, 3.63) is 71.9 Å². The zero-order valence-corrected chi connectivity index (χ0v) is 14.0. The van der Waals surface area contributed by atoms with Gasteiger partial charge in [-0.3, -0.25) is 4.79 Å². The van der Waals surface area contributed by atoms with E-state index in [0.29, 0.717) is 17.5 Å². The Bertz CT molecular complexity index is 884. The van der Waals surface area contributed by atoms with E-state index < -0.39 is 0 Å². The topological polar surface area (TPSA) is 48.1 Å². The Labute approximate surface area is 146 Å². The van der Waals surface area contributed by atoms with Crippen molar-refractivity contribution in [1.82, 2.24) is 15.2 Å². The minimum Gasteiger partial charge on any atom is -0.351 e. The van der Waals surface area contributed by atoms with Crippen LogP contribution in [0, 0.1) is 11.8 Å². The van der Waals surface area contributed by atoms with Gasteiger partial charge in [0, 0.05) is 36.5 Å². The molecule has 25 heavy (non-hydrogen) atoms. The van der Waals surface area contributed by atoms with E-state index >= 15 is 0 Å². The van der Waals surface area contributed by atoms with Gasteiger partial charge in [-0.25, -0.2) is 0 Å². The molecule has 2 aliphatic heterocycles. The fraction of sp³-hybridized carbons (Fsp3) is 0.286. The van der Waals surface area contributed by atoms with Crippen molar-refractivity contribution in [3.8, 4) is 0 Å². The number of likely N-dealkylation sites (tertiary alicyclic amines) is 1. The highest BCUT2D eigenvalue weighted by Gasteiger charge is 2.47. The van der Waals surface area contributed by atoms with E-state index in [2.05, 4.69) is 39.5 Å². The number of carbonyl (C=O) groups is 1. The summed E-state index contributed by atoms with van der Waals surface area (Å²) in [6.45, 7) is 2.82. The third kappa shape index (κ3) is 2.36. The third-order valence-corrected chi connectivity index (χ3v) is 5.73. The number of para-hydroxylation sites is 1. The summed E-state index contributed by atoms with van der Waals surface area (Å²) in [5, 5.41) is 4.59. The molecule has 4 heteroatoms. The number of H-pyrrole nitrogens is 1. The number of hydrogen-bond donors (Lipinski definition) is 2. The standard InChI is InChI=1S/C21H21N3O/c25-21(19-10-15-8-4-5-9-18(15)23-19)24-13-16-11-22-12-17(16)20(24)14-6-2-1-3-7-14/h1-10,16-17,20,22-23H,11-13H2/t16-,17-,20-/m0/s1. The molecule has 3 heterocycles. The van der Waals surface area contributed by atoms with Crippen LogP contribution < -0.4 is 5.32 Å². The van der Waals surface area contributed by atoms with Crippen molar-refractivity contribution < 1.29 is 4.79 Å². The van der Waals surface area contributed by atoms with Gasteiger partial charge in [-0.2, -0.15) is 0 Å². The van der Waals surface area contributed by atoms with Crippen molar-refractivity contribution in [3.63, 3.8) is 0 Å². The summed E-state index contributed by atoms with van der Waals surface area (Å²) in [7, 11) is 0. The molecule has 5 rings (SSSR count). The van der Waals surface area contributed by atoms with Crippen LogP contribution >= 0.6 is 0 Å². The van der Waals surface area contributed by atoms with Gasteiger partial charge in [-0.05, 0) is 23.6 Å². The molecule has 2 N–H and O–H groups in total. The van der Waals surface area contributed by atoms with Crippen LogP contribution in [0.4, 0.5) is 0 Å². The van der Waals surface area contributed by atoms with E-state index in [-0.39, 0.29) is 11.9 Å². The van der Waals surface area contributed by atoms with Crippen molar-refractivity contribution in [2.24, 2.45) is 11.8 Å². The molecule has 4 nitrogen and oxygen atoms in total. The number of aromatic amines is 1. The number of aromatic nitrogens is 1. The number of amides is 1. The smallest absolute Gasteiger partial charge is 0.270 e. The molecule has 0 radical (unpaired) electrons. The van der Waals surface area contributed by atoms with E-state index in [4.69, 9.17) is 0 Å². The normalized spacial score (nSPS) is 25.4. The average molecular weight is 331 g/mol. The van der Waals surface area contributed by atoms with Crippen LogP contribution in [0.2, 0.25) is 0 Å². The molecular weight excluding hydrogens is 310 g/mol. The predicted octanol–water partition coefficient (Wildman–Crippen LogP) is 3.20. The van der Waals surface area contributed by atoms with Crippen LogP contribution in [0.3, 0.4) is 0 Å². The molecule has 0 saturated carbocycles. The van der Waals surface area contributed by atoms with Crippen LogP contribution in [0.5, 0.6) is 0 Å². The SMILES string of the molecule is O=C(c1cc2ccccc2[nH]1)N1C[C@@H]2CNC[C@@H]2[C@@H]1c1ccccc1. The van der Waals surface area contributed by atoms with Gasteiger partial charge >= 0.3 is 0 Å². The first-order valence-corrected chi connectivity index (χ1v) is 8.95. The molecule has 3 aromatic rings. The molecule has 2 saturated heterocycles. The van der Waals surface area contributed by atoms with Crippen LogP contribution in [0.15, 0.2) is 60.7 Å². The molecule has 1 aromatic heterocycles. The quantitative estimate of drug-likeness (QED) is 0.757. The lowest BCUT2D eigenvalue weighted by molar-refractivity contribution is 0.0709. The van der Waals surface area contributed by atoms with Crippen LogP contribution in [0.25, 0.3) is 10.9 Å². The van der Waals surface area contributed by atoms with Gasteiger partial charge in [0.05, 0.1) is 6.04 Å². The highest BCUT2D eigenvalue weighted by atomic mass is 16.2. The van der Waals surface area contributed by atoms with Crippen molar-refractivity contribution in [2.75, 3.05) is 19.6 Å². The summed E-state index contributed by atoms with van der Waals surface area (Å²) in [5.41, 5.74) is 2.95. The van der Waals surface area contributed by atoms with Gasteiger partial charge in [-0.15, -0.1) is 0 Å². The van der Waals surface area contributed by atoms with E-state index in [0.717, 1.165) is 30.5 Å². The minimum absolute atomic E-state index is 0.111. The first-order chi connectivity index (χ1) is 12.3. The maximum Gasteiger partial charge on any atom is 0.270 e. The molecule has 0 unspecified atom stereocenters. The Hall–Kier alpha value is -2.59. The number of carbonyl (C=O) groups excluding carboxylic acids is 1. The Morgan fingerprint density at radius 3 is 2.64 bits per heavy atom. The fourth-order valence-corrected chi connectivity index (χ4v) is 4.55. The summed E-state index contributed by atoms with van der Waals surface area (Å²) in [6, 6.07) is 20.7. The zero-order valence-electron chi connectivity index (χ0n) is 14.0.